The van der Waals surface area contributed by atoms with E-state index in [1.807, 2.05) is 13.8 Å². The lowest BCUT2D eigenvalue weighted by Crippen LogP contribution is -2.38. The number of aromatic carboxylic acids is 1. The average molecular weight is 550 g/mol. The molecule has 5 rings (SSSR count). The molecule has 0 aliphatic carbocycles. The van der Waals surface area contributed by atoms with E-state index in [0.29, 0.717) is 19.3 Å². The number of benzene rings is 3. The molecule has 1 aliphatic heterocycles. The van der Waals surface area contributed by atoms with Crippen molar-refractivity contribution in [2.45, 2.75) is 39.3 Å². The summed E-state index contributed by atoms with van der Waals surface area (Å²) >= 11 is 1.49. The van der Waals surface area contributed by atoms with Gasteiger partial charge in [-0.2, -0.15) is 0 Å². The first-order valence-corrected chi connectivity index (χ1v) is 14.1. The Labute approximate surface area is 231 Å². The second-order valence-electron chi connectivity index (χ2n) is 9.54. The van der Waals surface area contributed by atoms with Crippen molar-refractivity contribution in [2.75, 3.05) is 31.6 Å². The van der Waals surface area contributed by atoms with E-state index in [0.717, 1.165) is 76.0 Å². The lowest BCUT2D eigenvalue weighted by atomic mass is 9.99. The maximum absolute atomic E-state index is 13.6. The number of nitrogens with one attached hydrogen (secondary N) is 1. The zero-order valence-electron chi connectivity index (χ0n) is 22.1. The molecule has 3 aromatic carbocycles. The van der Waals surface area contributed by atoms with Gasteiger partial charge in [0.2, 0.25) is 0 Å². The molecule has 0 amide bonds. The van der Waals surface area contributed by atoms with Crippen LogP contribution in [0.3, 0.4) is 0 Å². The van der Waals surface area contributed by atoms with Gasteiger partial charge in [-0.3, -0.25) is 4.90 Å². The maximum atomic E-state index is 13.6. The van der Waals surface area contributed by atoms with E-state index in [1.165, 1.54) is 23.5 Å². The summed E-state index contributed by atoms with van der Waals surface area (Å²) in [6, 6.07) is 15.9. The average Bonchev–Trinajstić information content (AvgIpc) is 3.32. The van der Waals surface area contributed by atoms with Gasteiger partial charge in [-0.05, 0) is 80.3 Å². The van der Waals surface area contributed by atoms with E-state index in [9.17, 15) is 14.3 Å². The molecule has 1 fully saturated rings. The monoisotopic (exact) mass is 549 g/mol. The third-order valence-corrected chi connectivity index (χ3v) is 7.76. The molecular weight excluding hydrogens is 517 g/mol. The first kappa shape index (κ1) is 26.9. The number of halogens is 1. The first-order chi connectivity index (χ1) is 18.9. The van der Waals surface area contributed by atoms with Gasteiger partial charge in [0.15, 0.2) is 5.13 Å². The number of anilines is 1. The molecule has 2 N–H and O–H groups in total. The Kier molecular flexibility index (Phi) is 8.28. The van der Waals surface area contributed by atoms with Crippen molar-refractivity contribution in [3.63, 3.8) is 0 Å². The van der Waals surface area contributed by atoms with E-state index in [4.69, 9.17) is 9.47 Å². The third-order valence-electron chi connectivity index (χ3n) is 6.82. The molecule has 0 bridgehead atoms. The number of carbonyl (C=O) groups is 1. The summed E-state index contributed by atoms with van der Waals surface area (Å²) < 4.78 is 26.5. The van der Waals surface area contributed by atoms with Gasteiger partial charge in [-0.25, -0.2) is 14.2 Å². The lowest BCUT2D eigenvalue weighted by Gasteiger charge is -2.32. The number of fused-ring (bicyclic) bond motifs is 1. The fraction of sp³-hybridized carbons (Fsp3) is 0.333. The molecule has 1 saturated heterocycles. The third kappa shape index (κ3) is 6.32. The second kappa shape index (κ2) is 12.0. The van der Waals surface area contributed by atoms with Crippen LogP contribution < -0.4 is 14.8 Å². The van der Waals surface area contributed by atoms with E-state index < -0.39 is 5.97 Å². The largest absolute Gasteiger partial charge is 0.493 e. The predicted molar refractivity (Wildman–Crippen MR) is 153 cm³/mol. The Hall–Kier alpha value is -3.69. The summed E-state index contributed by atoms with van der Waals surface area (Å²) in [5.74, 6) is 0.269. The second-order valence-corrected chi connectivity index (χ2v) is 10.6. The highest BCUT2D eigenvalue weighted by Crippen LogP contribution is 2.40. The topological polar surface area (TPSA) is 83.9 Å². The molecule has 7 nitrogen and oxygen atoms in total. The quantitative estimate of drug-likeness (QED) is 0.228. The van der Waals surface area contributed by atoms with Crippen molar-refractivity contribution in [1.29, 1.82) is 0 Å². The molecule has 39 heavy (non-hydrogen) atoms. The highest BCUT2D eigenvalue weighted by Gasteiger charge is 2.22. The molecule has 0 spiro atoms. The van der Waals surface area contributed by atoms with Gasteiger partial charge in [-0.1, -0.05) is 23.5 Å². The number of thiazole rings is 1. The van der Waals surface area contributed by atoms with Crippen LogP contribution in [-0.2, 0) is 6.54 Å². The number of likely N-dealkylation sites (tertiary alicyclic amines) is 1. The van der Waals surface area contributed by atoms with E-state index in [1.54, 1.807) is 30.3 Å². The fourth-order valence-electron chi connectivity index (χ4n) is 4.96. The van der Waals surface area contributed by atoms with Gasteiger partial charge in [0.05, 0.1) is 34.6 Å². The van der Waals surface area contributed by atoms with Crippen molar-refractivity contribution in [3.05, 3.63) is 71.5 Å². The molecule has 0 saturated carbocycles. The van der Waals surface area contributed by atoms with Crippen molar-refractivity contribution in [3.8, 4) is 22.6 Å². The van der Waals surface area contributed by atoms with Gasteiger partial charge in [0, 0.05) is 25.7 Å². The Bertz CT molecular complexity index is 1420. The molecule has 0 radical (unpaired) electrons. The van der Waals surface area contributed by atoms with Crippen LogP contribution >= 0.6 is 11.3 Å². The molecule has 1 aliphatic rings. The molecule has 2 heterocycles. The minimum atomic E-state index is -0.931. The zero-order valence-corrected chi connectivity index (χ0v) is 22.9. The van der Waals surface area contributed by atoms with Crippen LogP contribution in [0.5, 0.6) is 11.5 Å². The van der Waals surface area contributed by atoms with Gasteiger partial charge < -0.3 is 19.9 Å². The molecule has 9 heteroatoms. The highest BCUT2D eigenvalue weighted by molar-refractivity contribution is 7.22. The summed E-state index contributed by atoms with van der Waals surface area (Å²) in [5, 5.41) is 13.6. The summed E-state index contributed by atoms with van der Waals surface area (Å²) in [5.41, 5.74) is 3.90. The number of hydrogen-bond donors (Lipinski definition) is 2. The number of piperidine rings is 1. The number of carboxylic acids is 1. The van der Waals surface area contributed by atoms with Crippen LogP contribution in [0, 0.1) is 5.82 Å². The van der Waals surface area contributed by atoms with Crippen LogP contribution in [0.2, 0.25) is 0 Å². The van der Waals surface area contributed by atoms with E-state index in [-0.39, 0.29) is 11.4 Å². The summed E-state index contributed by atoms with van der Waals surface area (Å²) in [4.78, 5) is 18.3. The van der Waals surface area contributed by atoms with Crippen LogP contribution in [0.15, 0.2) is 54.6 Å². The number of nitrogens with zero attached hydrogens (tertiary/aromatic N) is 2. The smallest absolute Gasteiger partial charge is 0.335 e. The van der Waals surface area contributed by atoms with Crippen molar-refractivity contribution in [1.82, 2.24) is 9.88 Å². The first-order valence-electron chi connectivity index (χ1n) is 13.2. The Morgan fingerprint density at radius 1 is 1.05 bits per heavy atom. The van der Waals surface area contributed by atoms with Crippen molar-refractivity contribution >= 4 is 32.7 Å². The SMILES string of the molecule is CCOc1cc(CN2CCC(Nc3nc4ccc(C(=O)O)cc4s3)CC2)cc(OCC)c1-c1ccc(F)cc1. The van der Waals surface area contributed by atoms with Crippen molar-refractivity contribution in [2.24, 2.45) is 0 Å². The predicted octanol–water partition coefficient (Wildman–Crippen LogP) is 6.67. The Morgan fingerprint density at radius 3 is 2.33 bits per heavy atom. The molecular formula is C30H32FN3O4S. The van der Waals surface area contributed by atoms with Crippen molar-refractivity contribution < 1.29 is 23.8 Å². The molecule has 0 atom stereocenters. The van der Waals surface area contributed by atoms with Gasteiger partial charge in [-0.15, -0.1) is 0 Å². The number of aromatic nitrogens is 1. The molecule has 0 unspecified atom stereocenters. The number of rotatable bonds is 10. The summed E-state index contributed by atoms with van der Waals surface area (Å²) in [6.45, 7) is 7.58. The number of hydrogen-bond acceptors (Lipinski definition) is 7. The molecule has 1 aromatic heterocycles. The van der Waals surface area contributed by atoms with Gasteiger partial charge in [0.1, 0.15) is 17.3 Å². The minimum absolute atomic E-state index is 0.275. The number of carboxylic acid groups (broad SMARTS) is 1. The normalized spacial score (nSPS) is 14.4. The summed E-state index contributed by atoms with van der Waals surface area (Å²) in [7, 11) is 0. The lowest BCUT2D eigenvalue weighted by molar-refractivity contribution is 0.0697. The van der Waals surface area contributed by atoms with Gasteiger partial charge in [0.25, 0.3) is 0 Å². The van der Waals surface area contributed by atoms with Crippen LogP contribution in [-0.4, -0.2) is 53.3 Å². The molecule has 204 valence electrons. The Balaban J connectivity index is 1.26. The molecule has 4 aromatic rings. The van der Waals surface area contributed by atoms with Crippen LogP contribution in [0.1, 0.15) is 42.6 Å². The standard InChI is InChI=1S/C30H32FN3O4S/c1-3-37-25-15-19(16-26(38-4-2)28(25)20-5-8-22(31)9-6-20)18-34-13-11-23(12-14-34)32-30-33-24-10-7-21(29(35)36)17-27(24)39-30/h5-10,15-17,23H,3-4,11-14,18H2,1-2H3,(H,32,33)(H,35,36). The Morgan fingerprint density at radius 2 is 1.72 bits per heavy atom. The highest BCUT2D eigenvalue weighted by atomic mass is 32.1. The minimum Gasteiger partial charge on any atom is -0.493 e. The van der Waals surface area contributed by atoms with E-state index >= 15 is 0 Å². The maximum Gasteiger partial charge on any atom is 0.335 e. The summed E-state index contributed by atoms with van der Waals surface area (Å²) in [6.07, 6.45) is 1.95. The van der Waals surface area contributed by atoms with Gasteiger partial charge >= 0.3 is 5.97 Å². The van der Waals surface area contributed by atoms with E-state index in [2.05, 4.69) is 27.3 Å². The fourth-order valence-corrected chi connectivity index (χ4v) is 5.94. The zero-order chi connectivity index (χ0) is 27.4. The number of ether oxygens (including phenoxy) is 2. The van der Waals surface area contributed by atoms with Crippen LogP contribution in [0.25, 0.3) is 21.3 Å². The van der Waals surface area contributed by atoms with Crippen LogP contribution in [0.4, 0.5) is 9.52 Å².